The van der Waals surface area contributed by atoms with Gasteiger partial charge in [0.2, 0.25) is 0 Å². The maximum Gasteiger partial charge on any atom is 0.0644 e. The molecule has 0 bridgehead atoms. The Balaban J connectivity index is 1.70. The molecule has 0 spiro atoms. The molecule has 3 rings (SSSR count). The van der Waals surface area contributed by atoms with Crippen LogP contribution in [-0.4, -0.2) is 31.3 Å². The summed E-state index contributed by atoms with van der Waals surface area (Å²) in [6.07, 6.45) is 9.23. The van der Waals surface area contributed by atoms with Crippen LogP contribution < -0.4 is 5.32 Å². The van der Waals surface area contributed by atoms with Crippen molar-refractivity contribution in [2.75, 3.05) is 6.61 Å². The maximum absolute atomic E-state index is 9.07. The van der Waals surface area contributed by atoms with E-state index in [1.807, 2.05) is 35.0 Å². The number of nitrogens with zero attached hydrogens (tertiary/aromatic N) is 4. The zero-order valence-electron chi connectivity index (χ0n) is 11.8. The van der Waals surface area contributed by atoms with Crippen molar-refractivity contribution in [1.29, 1.82) is 0 Å². The van der Waals surface area contributed by atoms with Crippen LogP contribution in [0.3, 0.4) is 0 Å². The van der Waals surface area contributed by atoms with Gasteiger partial charge in [0.15, 0.2) is 0 Å². The summed E-state index contributed by atoms with van der Waals surface area (Å²) in [4.78, 5) is 0. The molecular formula is C14H21N5O. The fourth-order valence-electron chi connectivity index (χ4n) is 2.92. The SMILES string of the molecule is Cn1cc(CNC2CCCc3c2cnn3CCO)cn1. The molecule has 2 aromatic rings. The lowest BCUT2D eigenvalue weighted by Crippen LogP contribution is -2.25. The highest BCUT2D eigenvalue weighted by atomic mass is 16.3. The largest absolute Gasteiger partial charge is 0.394 e. The van der Waals surface area contributed by atoms with E-state index in [-0.39, 0.29) is 6.61 Å². The second-order valence-corrected chi connectivity index (χ2v) is 5.34. The van der Waals surface area contributed by atoms with E-state index in [1.165, 1.54) is 16.8 Å². The van der Waals surface area contributed by atoms with Gasteiger partial charge in [0.1, 0.15) is 0 Å². The molecular weight excluding hydrogens is 254 g/mol. The average Bonchev–Trinajstić information content (AvgIpc) is 3.04. The minimum absolute atomic E-state index is 0.141. The van der Waals surface area contributed by atoms with Gasteiger partial charge in [-0.1, -0.05) is 0 Å². The van der Waals surface area contributed by atoms with Crippen LogP contribution in [0.2, 0.25) is 0 Å². The van der Waals surface area contributed by atoms with Crippen molar-refractivity contribution in [3.63, 3.8) is 0 Å². The van der Waals surface area contributed by atoms with E-state index in [1.54, 1.807) is 0 Å². The number of aliphatic hydroxyl groups excluding tert-OH is 1. The highest BCUT2D eigenvalue weighted by molar-refractivity contribution is 5.25. The summed E-state index contributed by atoms with van der Waals surface area (Å²) in [6, 6.07) is 0.353. The number of fused-ring (bicyclic) bond motifs is 1. The summed E-state index contributed by atoms with van der Waals surface area (Å²) in [5.41, 5.74) is 3.75. The fraction of sp³-hybridized carbons (Fsp3) is 0.571. The molecule has 1 aliphatic rings. The van der Waals surface area contributed by atoms with Gasteiger partial charge >= 0.3 is 0 Å². The maximum atomic E-state index is 9.07. The molecule has 0 aromatic carbocycles. The molecule has 6 nitrogen and oxygen atoms in total. The first-order valence-electron chi connectivity index (χ1n) is 7.14. The predicted molar refractivity (Wildman–Crippen MR) is 75.0 cm³/mol. The molecule has 0 saturated heterocycles. The normalized spacial score (nSPS) is 18.2. The summed E-state index contributed by atoms with van der Waals surface area (Å²) >= 11 is 0. The molecule has 0 aliphatic heterocycles. The summed E-state index contributed by atoms with van der Waals surface area (Å²) in [6.45, 7) is 1.55. The van der Waals surface area contributed by atoms with E-state index < -0.39 is 0 Å². The van der Waals surface area contributed by atoms with Gasteiger partial charge in [-0.2, -0.15) is 10.2 Å². The molecule has 2 N–H and O–H groups in total. The third-order valence-corrected chi connectivity index (χ3v) is 3.89. The number of aromatic nitrogens is 4. The van der Waals surface area contributed by atoms with Crippen molar-refractivity contribution in [3.05, 3.63) is 35.4 Å². The average molecular weight is 275 g/mol. The van der Waals surface area contributed by atoms with Crippen molar-refractivity contribution in [3.8, 4) is 0 Å². The van der Waals surface area contributed by atoms with Crippen molar-refractivity contribution >= 4 is 0 Å². The lowest BCUT2D eigenvalue weighted by atomic mass is 9.93. The van der Waals surface area contributed by atoms with Gasteiger partial charge < -0.3 is 10.4 Å². The summed E-state index contributed by atoms with van der Waals surface area (Å²) < 4.78 is 3.76. The fourth-order valence-corrected chi connectivity index (χ4v) is 2.92. The Morgan fingerprint density at radius 1 is 1.40 bits per heavy atom. The minimum Gasteiger partial charge on any atom is -0.394 e. The molecule has 0 saturated carbocycles. The Morgan fingerprint density at radius 3 is 3.05 bits per heavy atom. The summed E-state index contributed by atoms with van der Waals surface area (Å²) in [5, 5.41) is 21.3. The molecule has 1 aliphatic carbocycles. The molecule has 20 heavy (non-hydrogen) atoms. The molecule has 1 unspecified atom stereocenters. The van der Waals surface area contributed by atoms with Crippen LogP contribution in [0.5, 0.6) is 0 Å². The van der Waals surface area contributed by atoms with Crippen LogP contribution in [0.15, 0.2) is 18.6 Å². The first-order chi connectivity index (χ1) is 9.78. The minimum atomic E-state index is 0.141. The lowest BCUT2D eigenvalue weighted by molar-refractivity contribution is 0.266. The second kappa shape index (κ2) is 5.76. The van der Waals surface area contributed by atoms with E-state index in [4.69, 9.17) is 5.11 Å². The van der Waals surface area contributed by atoms with Gasteiger partial charge in [-0.25, -0.2) is 0 Å². The molecule has 1 atom stereocenters. The van der Waals surface area contributed by atoms with Crippen molar-refractivity contribution in [1.82, 2.24) is 24.9 Å². The van der Waals surface area contributed by atoms with Gasteiger partial charge in [0.05, 0.1) is 25.5 Å². The quantitative estimate of drug-likeness (QED) is 0.846. The Hall–Kier alpha value is -1.66. The first kappa shape index (κ1) is 13.3. The number of aliphatic hydroxyl groups is 1. The Kier molecular flexibility index (Phi) is 3.84. The molecule has 0 fully saturated rings. The number of rotatable bonds is 5. The van der Waals surface area contributed by atoms with Crippen LogP contribution >= 0.6 is 0 Å². The van der Waals surface area contributed by atoms with Crippen molar-refractivity contribution in [2.45, 2.75) is 38.4 Å². The van der Waals surface area contributed by atoms with Crippen molar-refractivity contribution in [2.24, 2.45) is 7.05 Å². The smallest absolute Gasteiger partial charge is 0.0644 e. The number of nitrogens with one attached hydrogen (secondary N) is 1. The van der Waals surface area contributed by atoms with Gasteiger partial charge in [-0.15, -0.1) is 0 Å². The topological polar surface area (TPSA) is 67.9 Å². The molecule has 2 aromatic heterocycles. The summed E-state index contributed by atoms with van der Waals surface area (Å²) in [7, 11) is 1.93. The van der Waals surface area contributed by atoms with Crippen LogP contribution in [-0.2, 0) is 26.6 Å². The van der Waals surface area contributed by atoms with E-state index >= 15 is 0 Å². The lowest BCUT2D eigenvalue weighted by Gasteiger charge is -2.24. The zero-order chi connectivity index (χ0) is 13.9. The van der Waals surface area contributed by atoms with Crippen molar-refractivity contribution < 1.29 is 5.11 Å². The molecule has 6 heteroatoms. The van der Waals surface area contributed by atoms with Crippen LogP contribution in [0, 0.1) is 0 Å². The Bertz CT molecular complexity index is 574. The van der Waals surface area contributed by atoms with Crippen LogP contribution in [0.25, 0.3) is 0 Å². The van der Waals surface area contributed by atoms with Gasteiger partial charge in [-0.3, -0.25) is 9.36 Å². The third-order valence-electron chi connectivity index (χ3n) is 3.89. The first-order valence-corrected chi connectivity index (χ1v) is 7.14. The number of hydrogen-bond acceptors (Lipinski definition) is 4. The second-order valence-electron chi connectivity index (χ2n) is 5.34. The standard InChI is InChI=1S/C14H21N5O/c1-18-10-11(8-16-18)7-15-13-3-2-4-14-12(13)9-17-19(14)5-6-20/h8-10,13,15,20H,2-7H2,1H3. The molecule has 2 heterocycles. The van der Waals surface area contributed by atoms with E-state index in [2.05, 4.69) is 15.5 Å². The monoisotopic (exact) mass is 275 g/mol. The third kappa shape index (κ3) is 2.62. The molecule has 108 valence electrons. The Morgan fingerprint density at radius 2 is 2.30 bits per heavy atom. The Labute approximate surface area is 118 Å². The van der Waals surface area contributed by atoms with E-state index in [9.17, 15) is 0 Å². The van der Waals surface area contributed by atoms with Gasteiger partial charge in [0, 0.05) is 42.7 Å². The predicted octanol–water partition coefficient (Wildman–Crippen LogP) is 0.776. The van der Waals surface area contributed by atoms with E-state index in [0.29, 0.717) is 12.6 Å². The van der Waals surface area contributed by atoms with E-state index in [0.717, 1.165) is 25.8 Å². The molecule has 0 radical (unpaired) electrons. The zero-order valence-corrected chi connectivity index (χ0v) is 11.8. The van der Waals surface area contributed by atoms with Crippen LogP contribution in [0.4, 0.5) is 0 Å². The van der Waals surface area contributed by atoms with Gasteiger partial charge in [-0.05, 0) is 19.3 Å². The highest BCUT2D eigenvalue weighted by Gasteiger charge is 2.23. The number of hydrogen-bond donors (Lipinski definition) is 2. The molecule has 0 amide bonds. The number of aryl methyl sites for hydroxylation is 1. The van der Waals surface area contributed by atoms with Gasteiger partial charge in [0.25, 0.3) is 0 Å². The highest BCUT2D eigenvalue weighted by Crippen LogP contribution is 2.29. The summed E-state index contributed by atoms with van der Waals surface area (Å²) in [5.74, 6) is 0. The van der Waals surface area contributed by atoms with Crippen LogP contribution in [0.1, 0.15) is 35.7 Å².